The van der Waals surface area contributed by atoms with Gasteiger partial charge in [0.05, 0.1) is 12.7 Å². The van der Waals surface area contributed by atoms with Crippen molar-refractivity contribution in [3.05, 3.63) is 35.4 Å². The zero-order valence-corrected chi connectivity index (χ0v) is 13.6. The van der Waals surface area contributed by atoms with Gasteiger partial charge in [-0.05, 0) is 37.0 Å². The van der Waals surface area contributed by atoms with E-state index in [1.165, 1.54) is 6.07 Å². The first-order chi connectivity index (χ1) is 11.7. The molecule has 136 valence electrons. The molecule has 0 heterocycles. The van der Waals surface area contributed by atoms with Crippen LogP contribution < -0.4 is 5.32 Å². The number of Topliss-reactive ketones (excluding diaryl/α,β-unsaturated/α-hetero) is 1. The summed E-state index contributed by atoms with van der Waals surface area (Å²) in [5.74, 6) is -1.98. The molecule has 1 fully saturated rings. The standard InChI is InChI=1S/C17H18F3NO4/c1-25-16(24)14(10-4-3-7-13(22)9-10)21-15(23)11-5-2-6-12(8-11)17(18,19)20/h2,5-6,8,10,14H,3-4,7,9H2,1H3,(H,21,23)/t10-,14+/m0/s1. The van der Waals surface area contributed by atoms with Crippen molar-refractivity contribution in [3.63, 3.8) is 0 Å². The lowest BCUT2D eigenvalue weighted by Crippen LogP contribution is -2.48. The Kier molecular flexibility index (Phi) is 5.81. The summed E-state index contributed by atoms with van der Waals surface area (Å²) in [4.78, 5) is 35.9. The monoisotopic (exact) mass is 357 g/mol. The van der Waals surface area contributed by atoms with E-state index in [4.69, 9.17) is 0 Å². The van der Waals surface area contributed by atoms with Gasteiger partial charge in [-0.15, -0.1) is 0 Å². The van der Waals surface area contributed by atoms with E-state index in [1.807, 2.05) is 0 Å². The van der Waals surface area contributed by atoms with Crippen LogP contribution in [-0.4, -0.2) is 30.8 Å². The summed E-state index contributed by atoms with van der Waals surface area (Å²) < 4.78 is 43.0. The Morgan fingerprint density at radius 2 is 2.04 bits per heavy atom. The highest BCUT2D eigenvalue weighted by molar-refractivity contribution is 5.97. The number of halogens is 3. The van der Waals surface area contributed by atoms with Crippen molar-refractivity contribution < 1.29 is 32.3 Å². The summed E-state index contributed by atoms with van der Waals surface area (Å²) in [7, 11) is 1.15. The Bertz CT molecular complexity index is 672. The largest absolute Gasteiger partial charge is 0.467 e. The molecule has 8 heteroatoms. The lowest BCUT2D eigenvalue weighted by Gasteiger charge is -2.28. The molecule has 1 aromatic carbocycles. The van der Waals surface area contributed by atoms with Crippen molar-refractivity contribution in [1.82, 2.24) is 5.32 Å². The number of benzene rings is 1. The van der Waals surface area contributed by atoms with E-state index < -0.39 is 35.6 Å². The number of carbonyl (C=O) groups excluding carboxylic acids is 3. The summed E-state index contributed by atoms with van der Waals surface area (Å²) in [6.45, 7) is 0. The quantitative estimate of drug-likeness (QED) is 0.841. The molecule has 0 spiro atoms. The number of amides is 1. The summed E-state index contributed by atoms with van der Waals surface area (Å²) in [5.41, 5.74) is -1.17. The first-order valence-electron chi connectivity index (χ1n) is 7.80. The van der Waals surface area contributed by atoms with Gasteiger partial charge in [0.2, 0.25) is 0 Å². The van der Waals surface area contributed by atoms with Gasteiger partial charge in [0, 0.05) is 18.4 Å². The van der Waals surface area contributed by atoms with Crippen LogP contribution in [0.25, 0.3) is 0 Å². The normalized spacial score (nSPS) is 19.2. The number of methoxy groups -OCH3 is 1. The summed E-state index contributed by atoms with van der Waals surface area (Å²) in [5, 5.41) is 2.42. The van der Waals surface area contributed by atoms with Gasteiger partial charge in [0.15, 0.2) is 0 Å². The van der Waals surface area contributed by atoms with Gasteiger partial charge in [0.25, 0.3) is 5.91 Å². The molecule has 0 unspecified atom stereocenters. The Morgan fingerprint density at radius 3 is 2.64 bits per heavy atom. The summed E-state index contributed by atoms with van der Waals surface area (Å²) in [6, 6.07) is 2.85. The van der Waals surface area contributed by atoms with Gasteiger partial charge in [-0.2, -0.15) is 13.2 Å². The number of carbonyl (C=O) groups is 3. The van der Waals surface area contributed by atoms with Gasteiger partial charge >= 0.3 is 12.1 Å². The van der Waals surface area contributed by atoms with Crippen LogP contribution in [0.4, 0.5) is 13.2 Å². The minimum atomic E-state index is -4.58. The lowest BCUT2D eigenvalue weighted by molar-refractivity contribution is -0.145. The van der Waals surface area contributed by atoms with E-state index in [2.05, 4.69) is 10.1 Å². The molecule has 1 N–H and O–H groups in total. The molecule has 2 atom stereocenters. The van der Waals surface area contributed by atoms with E-state index >= 15 is 0 Å². The molecular formula is C17H18F3NO4. The number of alkyl halides is 3. The van der Waals surface area contributed by atoms with E-state index in [1.54, 1.807) is 0 Å². The summed E-state index contributed by atoms with van der Waals surface area (Å²) in [6.07, 6.45) is -2.88. The van der Waals surface area contributed by atoms with E-state index in [0.717, 1.165) is 25.3 Å². The Balaban J connectivity index is 2.19. The van der Waals surface area contributed by atoms with Crippen LogP contribution in [0, 0.1) is 5.92 Å². The Morgan fingerprint density at radius 1 is 1.32 bits per heavy atom. The molecule has 5 nitrogen and oxygen atoms in total. The zero-order valence-electron chi connectivity index (χ0n) is 13.6. The number of rotatable bonds is 4. The van der Waals surface area contributed by atoms with Crippen molar-refractivity contribution >= 4 is 17.7 Å². The predicted molar refractivity (Wildman–Crippen MR) is 81.7 cm³/mol. The van der Waals surface area contributed by atoms with Crippen LogP contribution >= 0.6 is 0 Å². The fraction of sp³-hybridized carbons (Fsp3) is 0.471. The van der Waals surface area contributed by atoms with Crippen molar-refractivity contribution in [2.75, 3.05) is 7.11 Å². The van der Waals surface area contributed by atoms with Crippen molar-refractivity contribution in [2.24, 2.45) is 5.92 Å². The number of ketones is 1. The van der Waals surface area contributed by atoms with Crippen molar-refractivity contribution in [3.8, 4) is 0 Å². The minimum absolute atomic E-state index is 0.0153. The van der Waals surface area contributed by atoms with E-state index in [0.29, 0.717) is 19.3 Å². The Labute approximate surface area is 142 Å². The molecule has 0 aromatic heterocycles. The second-order valence-corrected chi connectivity index (χ2v) is 5.95. The highest BCUT2D eigenvalue weighted by Gasteiger charge is 2.35. The van der Waals surface area contributed by atoms with Crippen LogP contribution in [0.2, 0.25) is 0 Å². The highest BCUT2D eigenvalue weighted by atomic mass is 19.4. The third-order valence-corrected chi connectivity index (χ3v) is 4.19. The smallest absolute Gasteiger partial charge is 0.416 e. The number of ether oxygens (including phenoxy) is 1. The van der Waals surface area contributed by atoms with Gasteiger partial charge < -0.3 is 10.1 Å². The molecule has 1 aliphatic rings. The van der Waals surface area contributed by atoms with Crippen LogP contribution in [-0.2, 0) is 20.5 Å². The number of nitrogens with one attached hydrogen (secondary N) is 1. The van der Waals surface area contributed by atoms with Crippen LogP contribution in [0.5, 0.6) is 0 Å². The molecule has 1 saturated carbocycles. The molecule has 25 heavy (non-hydrogen) atoms. The highest BCUT2D eigenvalue weighted by Crippen LogP contribution is 2.30. The van der Waals surface area contributed by atoms with E-state index in [9.17, 15) is 27.6 Å². The topological polar surface area (TPSA) is 72.5 Å². The molecule has 1 aliphatic carbocycles. The third kappa shape index (κ3) is 4.80. The maximum atomic E-state index is 12.8. The van der Waals surface area contributed by atoms with Gasteiger partial charge in [-0.1, -0.05) is 6.07 Å². The molecule has 1 aromatic rings. The minimum Gasteiger partial charge on any atom is -0.467 e. The Hall–Kier alpha value is -2.38. The number of hydrogen-bond acceptors (Lipinski definition) is 4. The lowest BCUT2D eigenvalue weighted by atomic mass is 9.83. The zero-order chi connectivity index (χ0) is 18.6. The second-order valence-electron chi connectivity index (χ2n) is 5.95. The predicted octanol–water partition coefficient (Wildman–Crippen LogP) is 2.74. The van der Waals surface area contributed by atoms with Crippen LogP contribution in [0.3, 0.4) is 0 Å². The van der Waals surface area contributed by atoms with Crippen LogP contribution in [0.1, 0.15) is 41.6 Å². The molecule has 1 amide bonds. The van der Waals surface area contributed by atoms with Gasteiger partial charge in [-0.3, -0.25) is 9.59 Å². The fourth-order valence-corrected chi connectivity index (χ4v) is 2.90. The SMILES string of the molecule is COC(=O)[C@H](NC(=O)c1cccc(C(F)(F)F)c1)[C@H]1CCCC(=O)C1. The van der Waals surface area contributed by atoms with Gasteiger partial charge in [-0.25, -0.2) is 4.79 Å². The first-order valence-corrected chi connectivity index (χ1v) is 7.80. The van der Waals surface area contributed by atoms with Crippen molar-refractivity contribution in [2.45, 2.75) is 37.9 Å². The van der Waals surface area contributed by atoms with Crippen LogP contribution in [0.15, 0.2) is 24.3 Å². The molecular weight excluding hydrogens is 339 g/mol. The molecule has 0 saturated heterocycles. The summed E-state index contributed by atoms with van der Waals surface area (Å²) >= 11 is 0. The molecule has 0 bridgehead atoms. The number of hydrogen-bond donors (Lipinski definition) is 1. The average Bonchev–Trinajstić information content (AvgIpc) is 2.58. The average molecular weight is 357 g/mol. The number of esters is 1. The van der Waals surface area contributed by atoms with Gasteiger partial charge in [0.1, 0.15) is 11.8 Å². The third-order valence-electron chi connectivity index (χ3n) is 4.19. The maximum Gasteiger partial charge on any atom is 0.416 e. The molecule has 2 rings (SSSR count). The van der Waals surface area contributed by atoms with Crippen molar-refractivity contribution in [1.29, 1.82) is 0 Å². The maximum absolute atomic E-state index is 12.8. The molecule has 0 aliphatic heterocycles. The second kappa shape index (κ2) is 7.67. The van der Waals surface area contributed by atoms with E-state index in [-0.39, 0.29) is 17.8 Å². The molecule has 0 radical (unpaired) electrons. The first kappa shape index (κ1) is 19.0. The fourth-order valence-electron chi connectivity index (χ4n) is 2.90.